The summed E-state index contributed by atoms with van der Waals surface area (Å²) in [5.41, 5.74) is 2.71. The van der Waals surface area contributed by atoms with E-state index in [-0.39, 0.29) is 17.5 Å². The molecule has 0 aliphatic rings. The smallest absolute Gasteiger partial charge is 0.291 e. The van der Waals surface area contributed by atoms with Crippen molar-refractivity contribution in [2.75, 3.05) is 10.6 Å². The van der Waals surface area contributed by atoms with E-state index in [2.05, 4.69) is 20.8 Å². The molecule has 29 heavy (non-hydrogen) atoms. The van der Waals surface area contributed by atoms with Gasteiger partial charge in [0, 0.05) is 18.7 Å². The second kappa shape index (κ2) is 8.66. The molecule has 0 aliphatic heterocycles. The number of carbonyl (C=O) groups is 1. The summed E-state index contributed by atoms with van der Waals surface area (Å²) >= 11 is 1.47. The van der Waals surface area contributed by atoms with Gasteiger partial charge < -0.3 is 15.1 Å². The number of nitrogens with one attached hydrogen (secondary N) is 2. The summed E-state index contributed by atoms with van der Waals surface area (Å²) < 4.78 is 18.1. The summed E-state index contributed by atoms with van der Waals surface area (Å²) in [6, 6.07) is 17.2. The number of furan rings is 1. The molecule has 0 saturated heterocycles. The molecule has 0 bridgehead atoms. The van der Waals surface area contributed by atoms with Gasteiger partial charge in [-0.2, -0.15) is 0 Å². The van der Waals surface area contributed by atoms with Crippen molar-refractivity contribution in [2.45, 2.75) is 13.0 Å². The van der Waals surface area contributed by atoms with Gasteiger partial charge in [-0.15, -0.1) is 10.2 Å². The van der Waals surface area contributed by atoms with Crippen LogP contribution < -0.4 is 10.6 Å². The SMILES string of the molecule is O=C(Nc1ccc(CNc2nnc(Cc3ccc(F)cc3)s2)cc1)c1ccco1. The third kappa shape index (κ3) is 5.05. The van der Waals surface area contributed by atoms with Crippen LogP contribution in [0.15, 0.2) is 71.3 Å². The van der Waals surface area contributed by atoms with E-state index >= 15 is 0 Å². The predicted molar refractivity (Wildman–Crippen MR) is 110 cm³/mol. The fourth-order valence-electron chi connectivity index (χ4n) is 2.66. The van der Waals surface area contributed by atoms with Crippen molar-refractivity contribution in [2.24, 2.45) is 0 Å². The topological polar surface area (TPSA) is 80.0 Å². The average molecular weight is 408 g/mol. The number of anilines is 2. The normalized spacial score (nSPS) is 10.7. The maximum atomic E-state index is 13.0. The van der Waals surface area contributed by atoms with Crippen LogP contribution in [0, 0.1) is 5.82 Å². The Hall–Kier alpha value is -3.52. The van der Waals surface area contributed by atoms with Crippen molar-refractivity contribution < 1.29 is 13.6 Å². The Kier molecular flexibility index (Phi) is 5.62. The van der Waals surface area contributed by atoms with Crippen LogP contribution in [0.5, 0.6) is 0 Å². The third-order valence-corrected chi connectivity index (χ3v) is 5.02. The van der Waals surface area contributed by atoms with Crippen molar-refractivity contribution in [3.63, 3.8) is 0 Å². The van der Waals surface area contributed by atoms with Gasteiger partial charge >= 0.3 is 0 Å². The first-order chi connectivity index (χ1) is 14.2. The summed E-state index contributed by atoms with van der Waals surface area (Å²) in [5.74, 6) is -0.271. The number of hydrogen-bond donors (Lipinski definition) is 2. The minimum Gasteiger partial charge on any atom is -0.459 e. The molecule has 4 rings (SSSR count). The number of carbonyl (C=O) groups excluding carboxylic acids is 1. The lowest BCUT2D eigenvalue weighted by atomic mass is 10.2. The number of amides is 1. The fourth-order valence-corrected chi connectivity index (χ4v) is 3.43. The number of rotatable bonds is 7. The lowest BCUT2D eigenvalue weighted by Gasteiger charge is -2.06. The number of hydrogen-bond acceptors (Lipinski definition) is 6. The van der Waals surface area contributed by atoms with Gasteiger partial charge in [-0.25, -0.2) is 4.39 Å². The van der Waals surface area contributed by atoms with Crippen molar-refractivity contribution in [3.8, 4) is 0 Å². The van der Waals surface area contributed by atoms with Crippen molar-refractivity contribution in [1.82, 2.24) is 10.2 Å². The van der Waals surface area contributed by atoms with Gasteiger partial charge in [-0.3, -0.25) is 4.79 Å². The first-order valence-electron chi connectivity index (χ1n) is 8.90. The predicted octanol–water partition coefficient (Wildman–Crippen LogP) is 4.73. The first-order valence-corrected chi connectivity index (χ1v) is 9.72. The molecule has 0 radical (unpaired) electrons. The number of nitrogens with zero attached hydrogens (tertiary/aromatic N) is 2. The Labute approximate surface area is 170 Å². The maximum Gasteiger partial charge on any atom is 0.291 e. The van der Waals surface area contributed by atoms with Gasteiger partial charge in [0.15, 0.2) is 5.76 Å². The number of aromatic nitrogens is 2. The highest BCUT2D eigenvalue weighted by atomic mass is 32.1. The Morgan fingerprint density at radius 1 is 1.00 bits per heavy atom. The molecule has 146 valence electrons. The van der Waals surface area contributed by atoms with E-state index < -0.39 is 0 Å². The van der Waals surface area contributed by atoms with E-state index in [1.807, 2.05) is 24.3 Å². The second-order valence-corrected chi connectivity index (χ2v) is 7.35. The summed E-state index contributed by atoms with van der Waals surface area (Å²) in [6.07, 6.45) is 2.08. The molecule has 2 N–H and O–H groups in total. The van der Waals surface area contributed by atoms with Crippen molar-refractivity contribution in [3.05, 3.63) is 94.6 Å². The molecule has 0 aliphatic carbocycles. The molecule has 8 heteroatoms. The van der Waals surface area contributed by atoms with Gasteiger partial charge in [-0.05, 0) is 47.5 Å². The molecular formula is C21H17FN4O2S. The summed E-state index contributed by atoms with van der Waals surface area (Å²) in [5, 5.41) is 15.9. The highest BCUT2D eigenvalue weighted by Crippen LogP contribution is 2.20. The van der Waals surface area contributed by atoms with E-state index in [9.17, 15) is 9.18 Å². The Balaban J connectivity index is 1.29. The average Bonchev–Trinajstić information content (AvgIpc) is 3.42. The molecule has 0 atom stereocenters. The largest absolute Gasteiger partial charge is 0.459 e. The Morgan fingerprint density at radius 3 is 2.48 bits per heavy atom. The highest BCUT2D eigenvalue weighted by Gasteiger charge is 2.09. The van der Waals surface area contributed by atoms with Crippen LogP contribution >= 0.6 is 11.3 Å². The zero-order chi connectivity index (χ0) is 20.1. The van der Waals surface area contributed by atoms with Crippen LogP contribution in [0.1, 0.15) is 26.7 Å². The van der Waals surface area contributed by atoms with E-state index in [1.54, 1.807) is 24.3 Å². The monoisotopic (exact) mass is 408 g/mol. The first kappa shape index (κ1) is 18.8. The Bertz CT molecular complexity index is 1080. The van der Waals surface area contributed by atoms with Crippen LogP contribution in [-0.2, 0) is 13.0 Å². The van der Waals surface area contributed by atoms with Gasteiger partial charge in [0.25, 0.3) is 5.91 Å². The molecule has 2 aromatic heterocycles. The second-order valence-electron chi connectivity index (χ2n) is 6.29. The molecule has 2 aromatic carbocycles. The van der Waals surface area contributed by atoms with Crippen LogP contribution in [0.2, 0.25) is 0 Å². The minimum atomic E-state index is -0.289. The van der Waals surface area contributed by atoms with Gasteiger partial charge in [0.2, 0.25) is 5.13 Å². The molecule has 0 unspecified atom stereocenters. The molecular weight excluding hydrogens is 391 g/mol. The van der Waals surface area contributed by atoms with E-state index in [1.165, 1.54) is 29.7 Å². The van der Waals surface area contributed by atoms with E-state index in [4.69, 9.17) is 4.42 Å². The zero-order valence-corrected chi connectivity index (χ0v) is 16.1. The molecule has 0 saturated carbocycles. The number of halogens is 1. The summed E-state index contributed by atoms with van der Waals surface area (Å²) in [4.78, 5) is 12.0. The zero-order valence-electron chi connectivity index (χ0n) is 15.3. The highest BCUT2D eigenvalue weighted by molar-refractivity contribution is 7.15. The quantitative estimate of drug-likeness (QED) is 0.462. The molecule has 1 amide bonds. The fraction of sp³-hybridized carbons (Fsp3) is 0.0952. The standard InChI is InChI=1S/C21H17FN4O2S/c22-16-7-3-14(4-8-16)12-19-25-26-21(29-19)23-13-15-5-9-17(10-6-15)24-20(27)18-2-1-11-28-18/h1-11H,12-13H2,(H,23,26)(H,24,27). The number of benzene rings is 2. The molecule has 0 spiro atoms. The Morgan fingerprint density at radius 2 is 1.76 bits per heavy atom. The van der Waals surface area contributed by atoms with Crippen molar-refractivity contribution >= 4 is 28.1 Å². The summed E-state index contributed by atoms with van der Waals surface area (Å²) in [7, 11) is 0. The molecule has 2 heterocycles. The van der Waals surface area contributed by atoms with Gasteiger partial charge in [-0.1, -0.05) is 35.6 Å². The van der Waals surface area contributed by atoms with Crippen LogP contribution in [0.4, 0.5) is 15.2 Å². The minimum absolute atomic E-state index is 0.250. The molecule has 6 nitrogen and oxygen atoms in total. The van der Waals surface area contributed by atoms with Gasteiger partial charge in [0.05, 0.1) is 6.26 Å². The van der Waals surface area contributed by atoms with Crippen LogP contribution in [0.25, 0.3) is 0 Å². The van der Waals surface area contributed by atoms with Crippen molar-refractivity contribution in [1.29, 1.82) is 0 Å². The van der Waals surface area contributed by atoms with Gasteiger partial charge in [0.1, 0.15) is 10.8 Å². The third-order valence-electron chi connectivity index (χ3n) is 4.14. The van der Waals surface area contributed by atoms with Crippen LogP contribution in [0.3, 0.4) is 0 Å². The lowest BCUT2D eigenvalue weighted by Crippen LogP contribution is -2.10. The maximum absolute atomic E-state index is 13.0. The van der Waals surface area contributed by atoms with E-state index in [0.717, 1.165) is 21.3 Å². The lowest BCUT2D eigenvalue weighted by molar-refractivity contribution is 0.0996. The van der Waals surface area contributed by atoms with E-state index in [0.29, 0.717) is 18.7 Å². The van der Waals surface area contributed by atoms with Crippen LogP contribution in [-0.4, -0.2) is 16.1 Å². The molecule has 4 aromatic rings. The molecule has 0 fully saturated rings. The summed E-state index contributed by atoms with van der Waals surface area (Å²) in [6.45, 7) is 0.581.